The Labute approximate surface area is 653 Å². The summed E-state index contributed by atoms with van der Waals surface area (Å²) < 4.78 is 0. The standard InChI is InChI=1S/C54H32N4.C52H30N4/c1-2-9-44-42(7-1)43-8-3-4-10-45(43)48-32-40(16-21-46(44)48)52-26-20-39-31-37(18-24-51(39)58-52)36-17-23-50-38(30-36)19-25-49(57-50)34-13-11-33(12-14-34)41-27-29-56-54-47(41)22-15-35-6-5-28-55-53(35)54;1-3-33-10-11-35-12-19-42(43-20-13-34(4-1)49(33)50(35)43)48-25-18-40-30-38(16-23-47(40)56-48)37-15-22-46-39(29-37)17-24-45(55-46)32-8-6-31(7-9-32)41-26-28-54-52-44(41)21-14-36-5-2-27-53-51(36)52/h1-32H;1-30H. The van der Waals surface area contributed by atoms with Crippen LogP contribution in [0.1, 0.15) is 0 Å². The summed E-state index contributed by atoms with van der Waals surface area (Å²) >= 11 is 0. The Hall–Kier alpha value is -15.4. The Morgan fingerprint density at radius 2 is 0.482 bits per heavy atom. The lowest BCUT2D eigenvalue weighted by atomic mass is 9.91. The molecule has 0 spiro atoms. The third kappa shape index (κ3) is 10.9. The van der Waals surface area contributed by atoms with E-state index in [9.17, 15) is 0 Å². The molecule has 0 unspecified atom stereocenters. The van der Waals surface area contributed by atoms with E-state index in [0.717, 1.165) is 177 Å². The smallest absolute Gasteiger partial charge is 0.0970 e. The third-order valence-corrected chi connectivity index (χ3v) is 23.2. The SMILES string of the molecule is c1cnc2c(c1)ccc1c(-c3ccc(-c4ccc5cc(-c6ccc7nc(-c8ccc9c%10ccccc%10c%10ccccc%10c9c8)ccc7c6)ccc5n4)cc3)ccnc12.c1cnc2c(c1)ccc1c(-c3ccc(-c4ccc5cc(-c6ccc7nc(-c8ccc9ccc%10cccc%11ccc8c9c%10%11)ccc7c6)ccc5n4)cc3)ccnc12. The first kappa shape index (κ1) is 64.6. The van der Waals surface area contributed by atoms with Gasteiger partial charge in [-0.3, -0.25) is 19.9 Å². The van der Waals surface area contributed by atoms with Crippen LogP contribution in [-0.2, 0) is 0 Å². The van der Waals surface area contributed by atoms with Crippen LogP contribution < -0.4 is 0 Å². The largest absolute Gasteiger partial charge is 0.254 e. The highest BCUT2D eigenvalue weighted by atomic mass is 14.8. The number of pyridine rings is 8. The van der Waals surface area contributed by atoms with Gasteiger partial charge in [-0.1, -0.05) is 249 Å². The van der Waals surface area contributed by atoms with Crippen molar-refractivity contribution in [2.75, 3.05) is 0 Å². The van der Waals surface area contributed by atoms with E-state index in [1.54, 1.807) is 0 Å². The van der Waals surface area contributed by atoms with Gasteiger partial charge in [-0.05, 0) is 212 Å². The van der Waals surface area contributed by atoms with Crippen molar-refractivity contribution in [1.29, 1.82) is 0 Å². The number of nitrogens with zero attached hydrogens (tertiary/aromatic N) is 8. The molecule has 8 heteroatoms. The average molecular weight is 1450 g/mol. The summed E-state index contributed by atoms with van der Waals surface area (Å²) in [5.41, 5.74) is 25.0. The van der Waals surface area contributed by atoms with Gasteiger partial charge in [-0.25, -0.2) is 19.9 Å². The summed E-state index contributed by atoms with van der Waals surface area (Å²) in [4.78, 5) is 39.1. The monoisotopic (exact) mass is 1450 g/mol. The van der Waals surface area contributed by atoms with E-state index in [1.807, 2.05) is 36.9 Å². The highest BCUT2D eigenvalue weighted by molar-refractivity contribution is 6.27. The van der Waals surface area contributed by atoms with E-state index < -0.39 is 0 Å². The molecule has 526 valence electrons. The summed E-state index contributed by atoms with van der Waals surface area (Å²) in [6.07, 6.45) is 7.40. The number of benzene rings is 16. The van der Waals surface area contributed by atoms with Gasteiger partial charge < -0.3 is 0 Å². The molecule has 0 N–H and O–H groups in total. The maximum absolute atomic E-state index is 5.18. The lowest BCUT2D eigenvalue weighted by molar-refractivity contribution is 1.37. The van der Waals surface area contributed by atoms with Crippen LogP contribution in [0.5, 0.6) is 0 Å². The predicted molar refractivity (Wildman–Crippen MR) is 475 cm³/mol. The minimum absolute atomic E-state index is 0.921. The van der Waals surface area contributed by atoms with Crippen molar-refractivity contribution in [2.24, 2.45) is 0 Å². The van der Waals surface area contributed by atoms with Gasteiger partial charge in [0.25, 0.3) is 0 Å². The molecule has 24 aromatic rings. The minimum atomic E-state index is 0.921. The maximum atomic E-state index is 5.18. The number of fused-ring (bicyclic) bond motifs is 16. The van der Waals surface area contributed by atoms with Crippen molar-refractivity contribution in [2.45, 2.75) is 0 Å². The first-order valence-corrected chi connectivity index (χ1v) is 38.5. The molecule has 8 nitrogen and oxygen atoms in total. The second kappa shape index (κ2) is 26.2. The number of rotatable bonds is 8. The second-order valence-corrected chi connectivity index (χ2v) is 29.7. The molecule has 0 atom stereocenters. The molecule has 24 rings (SSSR count). The normalized spacial score (nSPS) is 11.9. The van der Waals surface area contributed by atoms with E-state index in [2.05, 4.69) is 360 Å². The fraction of sp³-hybridized carbons (Fsp3) is 0. The van der Waals surface area contributed by atoms with Gasteiger partial charge in [0.2, 0.25) is 0 Å². The number of aromatic nitrogens is 8. The molecule has 8 aromatic heterocycles. The van der Waals surface area contributed by atoms with E-state index in [0.29, 0.717) is 0 Å². The topological polar surface area (TPSA) is 103 Å². The summed E-state index contributed by atoms with van der Waals surface area (Å²) in [5, 5.41) is 24.1. The molecule has 16 aromatic carbocycles. The van der Waals surface area contributed by atoms with Gasteiger partial charge in [-0.15, -0.1) is 0 Å². The van der Waals surface area contributed by atoms with Crippen molar-refractivity contribution in [3.63, 3.8) is 0 Å². The molecule has 0 saturated carbocycles. The fourth-order valence-corrected chi connectivity index (χ4v) is 17.5. The highest BCUT2D eigenvalue weighted by Gasteiger charge is 2.19. The van der Waals surface area contributed by atoms with Gasteiger partial charge in [0.05, 0.1) is 66.9 Å². The Kier molecular flexibility index (Phi) is 14.8. The van der Waals surface area contributed by atoms with Gasteiger partial charge >= 0.3 is 0 Å². The third-order valence-electron chi connectivity index (χ3n) is 23.2. The lowest BCUT2D eigenvalue weighted by Crippen LogP contribution is -1.90. The van der Waals surface area contributed by atoms with E-state index in [1.165, 1.54) is 64.6 Å². The molecule has 0 aliphatic heterocycles. The van der Waals surface area contributed by atoms with Crippen molar-refractivity contribution in [3.05, 3.63) is 377 Å². The fourth-order valence-electron chi connectivity index (χ4n) is 17.5. The first-order chi connectivity index (χ1) is 56.4. The van der Waals surface area contributed by atoms with Crippen LogP contribution in [0, 0.1) is 0 Å². The first-order valence-electron chi connectivity index (χ1n) is 38.5. The van der Waals surface area contributed by atoms with Crippen LogP contribution in [0.25, 0.3) is 241 Å². The van der Waals surface area contributed by atoms with Crippen LogP contribution in [0.4, 0.5) is 0 Å². The summed E-state index contributed by atoms with van der Waals surface area (Å²) in [6.45, 7) is 0. The Morgan fingerprint density at radius 1 is 0.149 bits per heavy atom. The van der Waals surface area contributed by atoms with Crippen LogP contribution in [-0.4, -0.2) is 39.9 Å². The minimum Gasteiger partial charge on any atom is -0.254 e. The summed E-state index contributed by atoms with van der Waals surface area (Å²) in [7, 11) is 0. The van der Waals surface area contributed by atoms with Gasteiger partial charge in [-0.2, -0.15) is 0 Å². The zero-order chi connectivity index (χ0) is 74.9. The summed E-state index contributed by atoms with van der Waals surface area (Å²) in [5.74, 6) is 0. The predicted octanol–water partition coefficient (Wildman–Crippen LogP) is 27.5. The quantitative estimate of drug-likeness (QED) is 0.139. The number of hydrogen-bond donors (Lipinski definition) is 0. The van der Waals surface area contributed by atoms with Crippen LogP contribution in [0.3, 0.4) is 0 Å². The van der Waals surface area contributed by atoms with E-state index in [-0.39, 0.29) is 0 Å². The molecule has 0 radical (unpaired) electrons. The summed E-state index contributed by atoms with van der Waals surface area (Å²) in [6, 6.07) is 126. The molecule has 0 aliphatic rings. The molecule has 0 aliphatic carbocycles. The van der Waals surface area contributed by atoms with Gasteiger partial charge in [0, 0.05) is 90.1 Å². The van der Waals surface area contributed by atoms with E-state index >= 15 is 0 Å². The molecule has 0 fully saturated rings. The average Bonchev–Trinajstić information content (AvgIpc) is 0.753. The molecule has 0 bridgehead atoms. The molecule has 114 heavy (non-hydrogen) atoms. The van der Waals surface area contributed by atoms with Crippen molar-refractivity contribution >= 4 is 152 Å². The Bertz CT molecular complexity index is 8070. The van der Waals surface area contributed by atoms with Crippen molar-refractivity contribution in [1.82, 2.24) is 39.9 Å². The van der Waals surface area contributed by atoms with Crippen LogP contribution in [0.2, 0.25) is 0 Å². The van der Waals surface area contributed by atoms with E-state index in [4.69, 9.17) is 19.9 Å². The van der Waals surface area contributed by atoms with Crippen molar-refractivity contribution in [3.8, 4) is 89.5 Å². The van der Waals surface area contributed by atoms with Crippen LogP contribution in [0.15, 0.2) is 377 Å². The van der Waals surface area contributed by atoms with Crippen molar-refractivity contribution < 1.29 is 0 Å². The zero-order valence-electron chi connectivity index (χ0n) is 61.4. The zero-order valence-corrected chi connectivity index (χ0v) is 61.4. The molecular weight excluding hydrogens is 1390 g/mol. The Morgan fingerprint density at radius 3 is 0.965 bits per heavy atom. The maximum Gasteiger partial charge on any atom is 0.0970 e. The second-order valence-electron chi connectivity index (χ2n) is 29.7. The lowest BCUT2D eigenvalue weighted by Gasteiger charge is -2.14. The molecular formula is C106H62N8. The Balaban J connectivity index is 0.000000135. The number of hydrogen-bond acceptors (Lipinski definition) is 8. The molecule has 0 amide bonds. The molecule has 8 heterocycles. The van der Waals surface area contributed by atoms with Gasteiger partial charge in [0.15, 0.2) is 0 Å². The van der Waals surface area contributed by atoms with Gasteiger partial charge in [0.1, 0.15) is 0 Å². The van der Waals surface area contributed by atoms with Crippen LogP contribution >= 0.6 is 0 Å². The highest BCUT2D eigenvalue weighted by Crippen LogP contribution is 2.43. The molecule has 0 saturated heterocycles.